The zero-order chi connectivity index (χ0) is 25.7. The topological polar surface area (TPSA) is 46.5 Å². The van der Waals surface area contributed by atoms with Crippen LogP contribution in [0.2, 0.25) is 0 Å². The van der Waals surface area contributed by atoms with Gasteiger partial charge in [-0.25, -0.2) is 0 Å². The van der Waals surface area contributed by atoms with Crippen LogP contribution in [0.15, 0.2) is 94.4 Å². The third-order valence-electron chi connectivity index (χ3n) is 5.60. The second-order valence-electron chi connectivity index (χ2n) is 8.24. The first-order chi connectivity index (χ1) is 18.2. The number of halogens is 4. The molecule has 4 nitrogen and oxygen atoms in total. The van der Waals surface area contributed by atoms with Crippen molar-refractivity contribution in [2.75, 3.05) is 20.4 Å². The average molecular weight is 898 g/mol. The molecular formula is C29H31BrI3N3O. The number of pyridine rings is 1. The van der Waals surface area contributed by atoms with Gasteiger partial charge >= 0.3 is 247 Å². The molecule has 0 aliphatic rings. The predicted molar refractivity (Wildman–Crippen MR) is 188 cm³/mol. The summed E-state index contributed by atoms with van der Waals surface area (Å²) in [7, 11) is 1.70. The Kier molecular flexibility index (Phi) is 12.7. The number of nitrogens with zero attached hydrogens (tertiary/aromatic N) is 2. The monoisotopic (exact) mass is 897 g/mol. The van der Waals surface area contributed by atoms with E-state index in [1.165, 1.54) is 46.3 Å². The van der Waals surface area contributed by atoms with Crippen LogP contribution in [-0.4, -0.2) is 31.7 Å². The van der Waals surface area contributed by atoms with Crippen molar-refractivity contribution < 1.29 is 4.74 Å². The van der Waals surface area contributed by atoms with E-state index >= 15 is 0 Å². The van der Waals surface area contributed by atoms with Crippen LogP contribution in [0.25, 0.3) is 10.9 Å². The molecule has 37 heavy (non-hydrogen) atoms. The number of benzene rings is 3. The quantitative estimate of drug-likeness (QED) is 0.0480. The molecule has 0 unspecified atom stereocenters. The normalized spacial score (nSPS) is 12.3. The summed E-state index contributed by atoms with van der Waals surface area (Å²) in [4.78, 5) is 9.56. The number of aliphatic imine (C=N–C) groups is 1. The van der Waals surface area contributed by atoms with E-state index in [9.17, 15) is 0 Å². The fourth-order valence-electron chi connectivity index (χ4n) is 3.67. The fourth-order valence-corrected chi connectivity index (χ4v) is 24.6. The molecule has 1 heterocycles. The number of hydrogen-bond donors (Lipinski definition) is 1. The van der Waals surface area contributed by atoms with Crippen LogP contribution in [0.4, 0.5) is 0 Å². The van der Waals surface area contributed by atoms with Gasteiger partial charge in [-0.15, -0.1) is 0 Å². The molecule has 0 spiro atoms. The molecule has 0 fully saturated rings. The molecule has 1 N–H and O–H groups in total. The first-order valence-electron chi connectivity index (χ1n) is 12.0. The molecule has 0 bridgehead atoms. The number of ether oxygens (including phenoxy) is 1. The second kappa shape index (κ2) is 16.2. The van der Waals surface area contributed by atoms with Gasteiger partial charge in [-0.3, -0.25) is 0 Å². The van der Waals surface area contributed by atoms with Crippen LogP contribution < -0.4 is 8.27 Å². The summed E-state index contributed by atoms with van der Waals surface area (Å²) in [5, 5.41) is 1.23. The molecule has 8 heteroatoms. The molecule has 0 saturated carbocycles. The number of fused-ring (bicyclic) bond motifs is 1. The van der Waals surface area contributed by atoms with Crippen LogP contribution in [0.3, 0.4) is 0 Å². The number of rotatable bonds is 13. The molecule has 196 valence electrons. The van der Waals surface area contributed by atoms with Crippen molar-refractivity contribution >= 4 is 86.5 Å². The Morgan fingerprint density at radius 3 is 2.70 bits per heavy atom. The maximum atomic E-state index is 5.29. The number of aryl methyl sites for hydroxylation is 1. The molecule has 0 amide bonds. The first kappa shape index (κ1) is 29.0. The van der Waals surface area contributed by atoms with Crippen molar-refractivity contribution in [3.05, 3.63) is 106 Å². The maximum absolute atomic E-state index is 5.29. The van der Waals surface area contributed by atoms with E-state index in [-0.39, 0.29) is 33.5 Å². The van der Waals surface area contributed by atoms with Crippen LogP contribution in [-0.2, 0) is 17.4 Å². The third-order valence-corrected chi connectivity index (χ3v) is 22.2. The van der Waals surface area contributed by atoms with Crippen molar-refractivity contribution in [1.29, 1.82) is 0 Å². The van der Waals surface area contributed by atoms with E-state index in [0.717, 1.165) is 15.7 Å². The Morgan fingerprint density at radius 2 is 1.84 bits per heavy atom. The van der Waals surface area contributed by atoms with Crippen molar-refractivity contribution in [2.45, 2.75) is 17.4 Å². The third kappa shape index (κ3) is 10.2. The van der Waals surface area contributed by atoms with Crippen molar-refractivity contribution in [1.82, 2.24) is 8.51 Å². The standard InChI is InChI=1S/C29H31BrI3N3O/c1-37-28-7-4-5-24(19-28)21-34-22-35-32-31-16-18-33(17-15-23-9-12-26(30)13-10-23)20-27-14-11-25-6-2-3-8-29(25)36-27/h2-14,19,22H,15-18,20-21H2,1H3,(H,34,35). The fraction of sp³-hybridized carbons (Fsp3) is 0.241. The van der Waals surface area contributed by atoms with Gasteiger partial charge < -0.3 is 0 Å². The van der Waals surface area contributed by atoms with Crippen LogP contribution in [0.5, 0.6) is 5.75 Å². The Bertz CT molecular complexity index is 1330. The summed E-state index contributed by atoms with van der Waals surface area (Å²) >= 11 is 2.70. The van der Waals surface area contributed by atoms with Gasteiger partial charge in [-0.05, 0) is 0 Å². The number of para-hydroxylation sites is 1. The Morgan fingerprint density at radius 1 is 0.973 bits per heavy atom. The number of aromatic nitrogens is 1. The Hall–Kier alpha value is -0.990. The van der Waals surface area contributed by atoms with Gasteiger partial charge in [-0.2, -0.15) is 0 Å². The Labute approximate surface area is 251 Å². The van der Waals surface area contributed by atoms with E-state index in [2.05, 4.69) is 91.2 Å². The molecule has 4 aromatic rings. The van der Waals surface area contributed by atoms with E-state index < -0.39 is 19.8 Å². The Balaban J connectivity index is 1.29. The minimum atomic E-state index is -1.14. The van der Waals surface area contributed by atoms with Crippen molar-refractivity contribution in [3.63, 3.8) is 0 Å². The number of hydrogen-bond acceptors (Lipinski definition) is 3. The SMILES string of the molecule is COc1cccc(CN=CNI=ICCI(CCc2ccc(Br)cc2)Cc2ccc3ccccc3n2)c1. The van der Waals surface area contributed by atoms with Crippen molar-refractivity contribution in [3.8, 4) is 5.75 Å². The van der Waals surface area contributed by atoms with Crippen LogP contribution >= 0.6 is 69.2 Å². The van der Waals surface area contributed by atoms with E-state index in [1.807, 2.05) is 24.5 Å². The van der Waals surface area contributed by atoms with E-state index in [4.69, 9.17) is 9.72 Å². The van der Waals surface area contributed by atoms with Crippen LogP contribution in [0.1, 0.15) is 16.8 Å². The van der Waals surface area contributed by atoms with Gasteiger partial charge in [0.15, 0.2) is 0 Å². The molecule has 0 aliphatic heterocycles. The number of methoxy groups -OCH3 is 1. The zero-order valence-electron chi connectivity index (χ0n) is 20.7. The number of alkyl halides is 4. The molecule has 0 saturated heterocycles. The predicted octanol–water partition coefficient (Wildman–Crippen LogP) is 8.84. The van der Waals surface area contributed by atoms with Crippen LogP contribution in [0, 0.1) is 0 Å². The molecule has 4 rings (SSSR count). The van der Waals surface area contributed by atoms with E-state index in [0.29, 0.717) is 6.54 Å². The summed E-state index contributed by atoms with van der Waals surface area (Å²) < 4.78 is 15.4. The summed E-state index contributed by atoms with van der Waals surface area (Å²) in [6.45, 7) is 0.691. The second-order valence-corrected chi connectivity index (χ2v) is 24.6. The molecule has 0 aliphatic carbocycles. The average Bonchev–Trinajstić information content (AvgIpc) is 2.94. The summed E-state index contributed by atoms with van der Waals surface area (Å²) in [5.74, 6) is 0.886. The first-order valence-corrected chi connectivity index (χ1v) is 26.2. The van der Waals surface area contributed by atoms with Gasteiger partial charge in [0.1, 0.15) is 0 Å². The van der Waals surface area contributed by atoms with Gasteiger partial charge in [-0.1, -0.05) is 0 Å². The van der Waals surface area contributed by atoms with E-state index in [1.54, 1.807) is 7.11 Å². The van der Waals surface area contributed by atoms with Gasteiger partial charge in [0.2, 0.25) is 0 Å². The summed E-state index contributed by atoms with van der Waals surface area (Å²) in [5.41, 5.74) is 5.04. The molecule has 1 aromatic heterocycles. The van der Waals surface area contributed by atoms with Gasteiger partial charge in [0, 0.05) is 0 Å². The number of nitrogens with one attached hydrogen (secondary N) is 1. The summed E-state index contributed by atoms with van der Waals surface area (Å²) in [6.07, 6.45) is 3.11. The molecule has 0 radical (unpaired) electrons. The molecule has 0 atom stereocenters. The molecular weight excluding hydrogens is 867 g/mol. The van der Waals surface area contributed by atoms with Crippen molar-refractivity contribution in [2.24, 2.45) is 4.99 Å². The van der Waals surface area contributed by atoms with Gasteiger partial charge in [0.25, 0.3) is 0 Å². The minimum absolute atomic E-state index is 0.0483. The zero-order valence-corrected chi connectivity index (χ0v) is 28.8. The van der Waals surface area contributed by atoms with Gasteiger partial charge in [0.05, 0.1) is 7.11 Å². The molecule has 3 aromatic carbocycles. The summed E-state index contributed by atoms with van der Waals surface area (Å²) in [6, 6.07) is 29.9.